The smallest absolute Gasteiger partial charge is 0.269 e. The first-order chi connectivity index (χ1) is 13.8. The standard InChI is InChI=1S/C20H22N4O5/c1-3-13(2)17(21-18(25)14-7-5-4-6-8-14)20(27)23-22-19(26)15-9-11-16(12-10-15)24(28)29/h4-13,17H,3H2,1-2H3,(H,21,25)(H,22,26)(H,23,27)/t13-,17-/m0/s1. The highest BCUT2D eigenvalue weighted by Gasteiger charge is 2.26. The number of carbonyl (C=O) groups is 3. The number of hydrogen-bond donors (Lipinski definition) is 3. The summed E-state index contributed by atoms with van der Waals surface area (Å²) in [5.41, 5.74) is 4.98. The van der Waals surface area contributed by atoms with Crippen LogP contribution < -0.4 is 16.2 Å². The van der Waals surface area contributed by atoms with Crippen molar-refractivity contribution < 1.29 is 19.3 Å². The van der Waals surface area contributed by atoms with Crippen LogP contribution in [-0.4, -0.2) is 28.7 Å². The van der Waals surface area contributed by atoms with Gasteiger partial charge in [-0.25, -0.2) is 0 Å². The van der Waals surface area contributed by atoms with Gasteiger partial charge in [-0.15, -0.1) is 0 Å². The summed E-state index contributed by atoms with van der Waals surface area (Å²) in [5, 5.41) is 13.4. The maximum atomic E-state index is 12.6. The molecule has 0 unspecified atom stereocenters. The number of nitro benzene ring substituents is 1. The molecule has 0 spiro atoms. The molecule has 0 heterocycles. The number of nitrogens with zero attached hydrogens (tertiary/aromatic N) is 1. The fourth-order valence-corrected chi connectivity index (χ4v) is 2.52. The lowest BCUT2D eigenvalue weighted by Crippen LogP contribution is -2.54. The zero-order chi connectivity index (χ0) is 21.4. The summed E-state index contributed by atoms with van der Waals surface area (Å²) < 4.78 is 0. The molecule has 0 radical (unpaired) electrons. The summed E-state index contributed by atoms with van der Waals surface area (Å²) in [6, 6.07) is 12.6. The van der Waals surface area contributed by atoms with Gasteiger partial charge in [-0.1, -0.05) is 38.5 Å². The van der Waals surface area contributed by atoms with E-state index in [-0.39, 0.29) is 17.2 Å². The first-order valence-corrected chi connectivity index (χ1v) is 9.04. The van der Waals surface area contributed by atoms with E-state index in [1.165, 1.54) is 24.3 Å². The summed E-state index contributed by atoms with van der Waals surface area (Å²) in [6.45, 7) is 3.70. The minimum Gasteiger partial charge on any atom is -0.340 e. The van der Waals surface area contributed by atoms with Crippen LogP contribution in [0.5, 0.6) is 0 Å². The third-order valence-corrected chi connectivity index (χ3v) is 4.46. The van der Waals surface area contributed by atoms with Gasteiger partial charge in [0, 0.05) is 23.3 Å². The van der Waals surface area contributed by atoms with Crippen LogP contribution in [0.15, 0.2) is 54.6 Å². The number of benzene rings is 2. The molecule has 0 aliphatic heterocycles. The Morgan fingerprint density at radius 1 is 0.931 bits per heavy atom. The molecular formula is C20H22N4O5. The zero-order valence-corrected chi connectivity index (χ0v) is 16.0. The Bertz CT molecular complexity index is 884. The van der Waals surface area contributed by atoms with Crippen molar-refractivity contribution in [1.82, 2.24) is 16.2 Å². The van der Waals surface area contributed by atoms with Gasteiger partial charge in [0.2, 0.25) is 0 Å². The Kier molecular flexibility index (Phi) is 7.41. The molecule has 0 saturated heterocycles. The zero-order valence-electron chi connectivity index (χ0n) is 16.0. The molecule has 9 nitrogen and oxygen atoms in total. The highest BCUT2D eigenvalue weighted by atomic mass is 16.6. The molecule has 2 aromatic rings. The number of carbonyl (C=O) groups excluding carboxylic acids is 3. The maximum absolute atomic E-state index is 12.6. The summed E-state index contributed by atoms with van der Waals surface area (Å²) in [4.78, 5) is 47.2. The van der Waals surface area contributed by atoms with E-state index < -0.39 is 28.7 Å². The van der Waals surface area contributed by atoms with Crippen molar-refractivity contribution >= 4 is 23.4 Å². The van der Waals surface area contributed by atoms with Crippen LogP contribution in [-0.2, 0) is 4.79 Å². The quantitative estimate of drug-likeness (QED) is 0.486. The average Bonchev–Trinajstić information content (AvgIpc) is 2.75. The van der Waals surface area contributed by atoms with Gasteiger partial charge in [0.15, 0.2) is 0 Å². The van der Waals surface area contributed by atoms with Crippen molar-refractivity contribution in [2.24, 2.45) is 5.92 Å². The van der Waals surface area contributed by atoms with Gasteiger partial charge in [-0.05, 0) is 30.2 Å². The molecule has 0 aliphatic carbocycles. The lowest BCUT2D eigenvalue weighted by Gasteiger charge is -2.23. The van der Waals surface area contributed by atoms with Crippen LogP contribution in [0.4, 0.5) is 5.69 Å². The molecule has 29 heavy (non-hydrogen) atoms. The number of hydrazine groups is 1. The van der Waals surface area contributed by atoms with E-state index in [9.17, 15) is 24.5 Å². The lowest BCUT2D eigenvalue weighted by molar-refractivity contribution is -0.384. The number of hydrogen-bond acceptors (Lipinski definition) is 5. The number of amides is 3. The van der Waals surface area contributed by atoms with Crippen molar-refractivity contribution in [1.29, 1.82) is 0 Å². The fourth-order valence-electron chi connectivity index (χ4n) is 2.52. The molecule has 9 heteroatoms. The van der Waals surface area contributed by atoms with Crippen LogP contribution in [0.25, 0.3) is 0 Å². The molecule has 0 bridgehead atoms. The van der Waals surface area contributed by atoms with Gasteiger partial charge in [-0.3, -0.25) is 35.3 Å². The number of nitro groups is 1. The van der Waals surface area contributed by atoms with Crippen LogP contribution >= 0.6 is 0 Å². The molecule has 3 amide bonds. The van der Waals surface area contributed by atoms with Crippen molar-refractivity contribution in [2.45, 2.75) is 26.3 Å². The molecule has 152 valence electrons. The van der Waals surface area contributed by atoms with E-state index in [0.29, 0.717) is 12.0 Å². The van der Waals surface area contributed by atoms with Crippen molar-refractivity contribution in [2.75, 3.05) is 0 Å². The topological polar surface area (TPSA) is 130 Å². The predicted octanol–water partition coefficient (Wildman–Crippen LogP) is 2.20. The van der Waals surface area contributed by atoms with Crippen LogP contribution in [0.2, 0.25) is 0 Å². The molecule has 3 N–H and O–H groups in total. The Balaban J connectivity index is 2.01. The monoisotopic (exact) mass is 398 g/mol. The second-order valence-electron chi connectivity index (χ2n) is 6.45. The molecule has 2 atom stereocenters. The maximum Gasteiger partial charge on any atom is 0.269 e. The Morgan fingerprint density at radius 3 is 2.07 bits per heavy atom. The Labute approximate surface area is 167 Å². The molecule has 2 aromatic carbocycles. The number of non-ortho nitro benzene ring substituents is 1. The Hall–Kier alpha value is -3.75. The largest absolute Gasteiger partial charge is 0.340 e. The third kappa shape index (κ3) is 5.86. The third-order valence-electron chi connectivity index (χ3n) is 4.46. The molecule has 2 rings (SSSR count). The van der Waals surface area contributed by atoms with Gasteiger partial charge in [0.1, 0.15) is 6.04 Å². The molecule has 0 fully saturated rings. The summed E-state index contributed by atoms with van der Waals surface area (Å²) in [5.74, 6) is -1.78. The molecule has 0 aromatic heterocycles. The fraction of sp³-hybridized carbons (Fsp3) is 0.250. The first kappa shape index (κ1) is 21.5. The average molecular weight is 398 g/mol. The van der Waals surface area contributed by atoms with Crippen LogP contribution in [0.1, 0.15) is 41.0 Å². The highest BCUT2D eigenvalue weighted by molar-refractivity contribution is 5.99. The normalized spacial score (nSPS) is 12.3. The van der Waals surface area contributed by atoms with Crippen molar-refractivity contribution in [3.63, 3.8) is 0 Å². The van der Waals surface area contributed by atoms with E-state index in [2.05, 4.69) is 16.2 Å². The molecule has 0 saturated carbocycles. The molecular weight excluding hydrogens is 376 g/mol. The minimum absolute atomic E-state index is 0.143. The van der Waals surface area contributed by atoms with E-state index in [1.54, 1.807) is 30.3 Å². The van der Waals surface area contributed by atoms with Gasteiger partial charge in [-0.2, -0.15) is 0 Å². The second-order valence-corrected chi connectivity index (χ2v) is 6.45. The minimum atomic E-state index is -0.857. The van der Waals surface area contributed by atoms with Gasteiger partial charge in [0.25, 0.3) is 23.4 Å². The van der Waals surface area contributed by atoms with Crippen LogP contribution in [0.3, 0.4) is 0 Å². The van der Waals surface area contributed by atoms with Gasteiger partial charge in [0.05, 0.1) is 4.92 Å². The van der Waals surface area contributed by atoms with Crippen molar-refractivity contribution in [3.05, 3.63) is 75.8 Å². The van der Waals surface area contributed by atoms with E-state index >= 15 is 0 Å². The molecule has 0 aliphatic rings. The van der Waals surface area contributed by atoms with E-state index in [4.69, 9.17) is 0 Å². The lowest BCUT2D eigenvalue weighted by atomic mass is 9.98. The summed E-state index contributed by atoms with van der Waals surface area (Å²) in [7, 11) is 0. The van der Waals surface area contributed by atoms with Crippen LogP contribution in [0, 0.1) is 16.0 Å². The predicted molar refractivity (Wildman–Crippen MR) is 106 cm³/mol. The Morgan fingerprint density at radius 2 is 1.52 bits per heavy atom. The number of rotatable bonds is 7. The summed E-state index contributed by atoms with van der Waals surface area (Å²) >= 11 is 0. The SMILES string of the molecule is CC[C@H](C)[C@H](NC(=O)c1ccccc1)C(=O)NNC(=O)c1ccc([N+](=O)[O-])cc1. The second kappa shape index (κ2) is 9.98. The highest BCUT2D eigenvalue weighted by Crippen LogP contribution is 2.12. The van der Waals surface area contributed by atoms with Gasteiger partial charge < -0.3 is 5.32 Å². The summed E-state index contributed by atoms with van der Waals surface area (Å²) in [6.07, 6.45) is 0.628. The van der Waals surface area contributed by atoms with Gasteiger partial charge >= 0.3 is 0 Å². The van der Waals surface area contributed by atoms with E-state index in [1.807, 2.05) is 13.8 Å². The first-order valence-electron chi connectivity index (χ1n) is 9.04. The van der Waals surface area contributed by atoms with E-state index in [0.717, 1.165) is 0 Å². The number of nitrogens with one attached hydrogen (secondary N) is 3. The van der Waals surface area contributed by atoms with Crippen molar-refractivity contribution in [3.8, 4) is 0 Å².